The Bertz CT molecular complexity index is 1060. The molecule has 0 N–H and O–H groups in total. The number of carbonyl (C=O) groups excluding carboxylic acids is 2. The van der Waals surface area contributed by atoms with E-state index in [1.165, 1.54) is 4.90 Å². The van der Waals surface area contributed by atoms with Crippen LogP contribution in [0.15, 0.2) is 54.7 Å². The number of halogens is 1. The molecule has 5 nitrogen and oxygen atoms in total. The SMILES string of the molecule is N#C[C@H]1[C@@H]2C(=O)N(c3cccc(Cl)c3)C(=O)[C@@H]2[C@H]2c3ccccc3C=CN21. The Kier molecular flexibility index (Phi) is 3.40. The van der Waals surface area contributed by atoms with Crippen LogP contribution in [-0.4, -0.2) is 22.8 Å². The summed E-state index contributed by atoms with van der Waals surface area (Å²) in [6.07, 6.45) is 3.77. The van der Waals surface area contributed by atoms with Crippen molar-refractivity contribution in [1.29, 1.82) is 5.26 Å². The zero-order valence-corrected chi connectivity index (χ0v) is 14.9. The first-order valence-corrected chi connectivity index (χ1v) is 9.07. The number of carbonyl (C=O) groups is 2. The van der Waals surface area contributed by atoms with Gasteiger partial charge in [-0.1, -0.05) is 41.9 Å². The van der Waals surface area contributed by atoms with Crippen LogP contribution < -0.4 is 4.90 Å². The Morgan fingerprint density at radius 1 is 1.00 bits per heavy atom. The predicted octanol–water partition coefficient (Wildman–Crippen LogP) is 3.38. The van der Waals surface area contributed by atoms with Crippen molar-refractivity contribution in [1.82, 2.24) is 4.90 Å². The Hall–Kier alpha value is -3.10. The molecular formula is C21H14ClN3O2. The van der Waals surface area contributed by atoms with E-state index in [0.29, 0.717) is 10.7 Å². The zero-order valence-electron chi connectivity index (χ0n) is 14.1. The van der Waals surface area contributed by atoms with Gasteiger partial charge in [0.1, 0.15) is 6.04 Å². The summed E-state index contributed by atoms with van der Waals surface area (Å²) in [7, 11) is 0. The van der Waals surface area contributed by atoms with Crippen molar-refractivity contribution in [2.45, 2.75) is 12.1 Å². The molecule has 2 amide bonds. The minimum atomic E-state index is -0.692. The van der Waals surface area contributed by atoms with Crippen molar-refractivity contribution < 1.29 is 9.59 Å². The van der Waals surface area contributed by atoms with Crippen molar-refractivity contribution >= 4 is 35.2 Å². The third-order valence-electron chi connectivity index (χ3n) is 5.66. The van der Waals surface area contributed by atoms with E-state index in [4.69, 9.17) is 11.6 Å². The van der Waals surface area contributed by atoms with Gasteiger partial charge in [-0.25, -0.2) is 4.90 Å². The molecule has 27 heavy (non-hydrogen) atoms. The van der Waals surface area contributed by atoms with Gasteiger partial charge in [-0.3, -0.25) is 9.59 Å². The molecule has 4 atom stereocenters. The van der Waals surface area contributed by atoms with Crippen LogP contribution >= 0.6 is 11.6 Å². The van der Waals surface area contributed by atoms with Crippen molar-refractivity contribution in [2.75, 3.05) is 4.90 Å². The first-order valence-electron chi connectivity index (χ1n) is 8.69. The smallest absolute Gasteiger partial charge is 0.240 e. The van der Waals surface area contributed by atoms with Crippen molar-refractivity contribution in [3.63, 3.8) is 0 Å². The Morgan fingerprint density at radius 2 is 1.78 bits per heavy atom. The summed E-state index contributed by atoms with van der Waals surface area (Å²) in [5.74, 6) is -1.89. The summed E-state index contributed by atoms with van der Waals surface area (Å²) in [5, 5.41) is 10.2. The van der Waals surface area contributed by atoms with Crippen LogP contribution in [0.3, 0.4) is 0 Å². The van der Waals surface area contributed by atoms with Gasteiger partial charge in [0.05, 0.1) is 29.6 Å². The molecule has 132 valence electrons. The number of fused-ring (bicyclic) bond motifs is 5. The van der Waals surface area contributed by atoms with Gasteiger partial charge in [-0.15, -0.1) is 0 Å². The molecule has 0 spiro atoms. The fraction of sp³-hybridized carbons (Fsp3) is 0.190. The third kappa shape index (κ3) is 2.11. The Morgan fingerprint density at radius 3 is 2.56 bits per heavy atom. The first-order chi connectivity index (χ1) is 13.1. The average molecular weight is 376 g/mol. The van der Waals surface area contributed by atoms with Crippen LogP contribution in [0.4, 0.5) is 5.69 Å². The topological polar surface area (TPSA) is 64.4 Å². The molecule has 0 bridgehead atoms. The number of benzene rings is 2. The van der Waals surface area contributed by atoms with Crippen LogP contribution in [0.25, 0.3) is 6.08 Å². The van der Waals surface area contributed by atoms with Crippen molar-refractivity contribution in [3.05, 3.63) is 70.9 Å². The van der Waals surface area contributed by atoms with Crippen molar-refractivity contribution in [3.8, 4) is 6.07 Å². The van der Waals surface area contributed by atoms with Gasteiger partial charge in [0.15, 0.2) is 0 Å². The highest BCUT2D eigenvalue weighted by Gasteiger charge is 2.63. The second-order valence-corrected chi connectivity index (χ2v) is 7.39. The molecular weight excluding hydrogens is 362 g/mol. The molecule has 0 aliphatic carbocycles. The lowest BCUT2D eigenvalue weighted by Crippen LogP contribution is -2.40. The summed E-state index contributed by atoms with van der Waals surface area (Å²) in [4.78, 5) is 29.6. The van der Waals surface area contributed by atoms with Crippen molar-refractivity contribution in [2.24, 2.45) is 11.8 Å². The van der Waals surface area contributed by atoms with Crippen LogP contribution in [0.5, 0.6) is 0 Å². The molecule has 3 aliphatic heterocycles. The predicted molar refractivity (Wildman–Crippen MR) is 100 cm³/mol. The number of imide groups is 1. The van der Waals surface area contributed by atoms with E-state index >= 15 is 0 Å². The largest absolute Gasteiger partial charge is 0.353 e. The third-order valence-corrected chi connectivity index (χ3v) is 5.90. The number of nitriles is 1. The maximum absolute atomic E-state index is 13.3. The van der Waals surface area contributed by atoms with Crippen LogP contribution in [-0.2, 0) is 9.59 Å². The fourth-order valence-electron chi connectivity index (χ4n) is 4.58. The zero-order chi connectivity index (χ0) is 18.7. The van der Waals surface area contributed by atoms with E-state index < -0.39 is 17.9 Å². The number of hydrogen-bond acceptors (Lipinski definition) is 4. The van der Waals surface area contributed by atoms with Crippen LogP contribution in [0.1, 0.15) is 17.2 Å². The Balaban J connectivity index is 1.65. The molecule has 0 saturated carbocycles. The Labute approximate surface area is 161 Å². The lowest BCUT2D eigenvalue weighted by atomic mass is 9.85. The molecule has 2 aromatic rings. The fourth-order valence-corrected chi connectivity index (χ4v) is 4.76. The molecule has 2 fully saturated rings. The second-order valence-electron chi connectivity index (χ2n) is 6.95. The number of anilines is 1. The van der Waals surface area contributed by atoms with E-state index in [-0.39, 0.29) is 17.9 Å². The minimum Gasteiger partial charge on any atom is -0.353 e. The van der Waals surface area contributed by atoms with Gasteiger partial charge in [0.2, 0.25) is 11.8 Å². The van der Waals surface area contributed by atoms with E-state index in [2.05, 4.69) is 6.07 Å². The number of nitrogens with zero attached hydrogens (tertiary/aromatic N) is 3. The molecule has 0 unspecified atom stereocenters. The molecule has 0 aromatic heterocycles. The highest BCUT2D eigenvalue weighted by Crippen LogP contribution is 2.52. The molecule has 2 aromatic carbocycles. The lowest BCUT2D eigenvalue weighted by molar-refractivity contribution is -0.123. The summed E-state index contributed by atoms with van der Waals surface area (Å²) in [6, 6.07) is 15.8. The molecule has 2 saturated heterocycles. The first kappa shape index (κ1) is 16.1. The van der Waals surface area contributed by atoms with E-state index in [1.807, 2.05) is 41.4 Å². The number of hydrogen-bond donors (Lipinski definition) is 0. The van der Waals surface area contributed by atoms with Gasteiger partial charge >= 0.3 is 0 Å². The van der Waals surface area contributed by atoms with Crippen LogP contribution in [0, 0.1) is 23.2 Å². The summed E-state index contributed by atoms with van der Waals surface area (Å²) >= 11 is 6.05. The number of rotatable bonds is 1. The maximum Gasteiger partial charge on any atom is 0.240 e. The van der Waals surface area contributed by atoms with Gasteiger partial charge in [-0.05, 0) is 35.4 Å². The highest BCUT2D eigenvalue weighted by atomic mass is 35.5. The van der Waals surface area contributed by atoms with Gasteiger partial charge < -0.3 is 4.90 Å². The maximum atomic E-state index is 13.3. The molecule has 3 heterocycles. The summed E-state index contributed by atoms with van der Waals surface area (Å²) < 4.78 is 0. The van der Waals surface area contributed by atoms with E-state index in [1.54, 1.807) is 24.3 Å². The van der Waals surface area contributed by atoms with E-state index in [9.17, 15) is 14.9 Å². The monoisotopic (exact) mass is 375 g/mol. The standard InChI is InChI=1S/C21H14ClN3O2/c22-13-5-3-6-14(10-13)25-20(26)17-16(11-23)24-9-8-12-4-1-2-7-15(12)19(24)18(17)21(25)27/h1-10,16-19H/t16-,17-,18-,19+/m0/s1. The molecule has 6 heteroatoms. The number of amides is 2. The van der Waals surface area contributed by atoms with Gasteiger partial charge in [-0.2, -0.15) is 5.26 Å². The van der Waals surface area contributed by atoms with Gasteiger partial charge in [0, 0.05) is 11.2 Å². The van der Waals surface area contributed by atoms with E-state index in [0.717, 1.165) is 11.1 Å². The summed E-state index contributed by atoms with van der Waals surface area (Å²) in [6.45, 7) is 0. The molecule has 0 radical (unpaired) electrons. The normalized spacial score (nSPS) is 28.0. The molecule has 3 aliphatic rings. The van der Waals surface area contributed by atoms with Crippen LogP contribution in [0.2, 0.25) is 5.02 Å². The summed E-state index contributed by atoms with van der Waals surface area (Å²) in [5.41, 5.74) is 2.44. The quantitative estimate of drug-likeness (QED) is 0.717. The minimum absolute atomic E-state index is 0.273. The lowest BCUT2D eigenvalue weighted by Gasteiger charge is -2.33. The van der Waals surface area contributed by atoms with Gasteiger partial charge in [0.25, 0.3) is 0 Å². The second kappa shape index (κ2) is 5.70. The highest BCUT2D eigenvalue weighted by molar-refractivity contribution is 6.31. The molecule has 5 rings (SSSR count). The average Bonchev–Trinajstić information content (AvgIpc) is 3.14.